The minimum Gasteiger partial charge on any atom is -0.370 e. The molecule has 0 saturated carbocycles. The number of nitrogens with zero attached hydrogens (tertiary/aromatic N) is 2. The van der Waals surface area contributed by atoms with Gasteiger partial charge in [0.05, 0.1) is 22.5 Å². The lowest BCUT2D eigenvalue weighted by atomic mass is 9.87. The first-order valence-electron chi connectivity index (χ1n) is 12.5. The van der Waals surface area contributed by atoms with Crippen molar-refractivity contribution in [1.82, 2.24) is 9.97 Å². The third-order valence-corrected chi connectivity index (χ3v) is 6.25. The number of halogens is 3. The third-order valence-electron chi connectivity index (χ3n) is 6.25. The first-order chi connectivity index (χ1) is 17.4. The van der Waals surface area contributed by atoms with Crippen LogP contribution in [0.4, 0.5) is 30.4 Å². The van der Waals surface area contributed by atoms with Gasteiger partial charge in [0, 0.05) is 35.4 Å². The molecule has 0 unspecified atom stereocenters. The number of fused-ring (bicyclic) bond motifs is 1. The lowest BCUT2D eigenvalue weighted by Crippen LogP contribution is -2.10. The Morgan fingerprint density at radius 2 is 1.65 bits per heavy atom. The summed E-state index contributed by atoms with van der Waals surface area (Å²) < 4.78 is 40.9. The van der Waals surface area contributed by atoms with E-state index in [1.54, 1.807) is 18.2 Å². The molecule has 194 valence electrons. The van der Waals surface area contributed by atoms with Crippen LogP contribution in [0.2, 0.25) is 0 Å². The second kappa shape index (κ2) is 10.4. The van der Waals surface area contributed by atoms with Crippen LogP contribution in [0.15, 0.2) is 66.9 Å². The highest BCUT2D eigenvalue weighted by Crippen LogP contribution is 2.38. The van der Waals surface area contributed by atoms with Crippen molar-refractivity contribution in [1.29, 1.82) is 0 Å². The van der Waals surface area contributed by atoms with Crippen molar-refractivity contribution in [2.24, 2.45) is 5.92 Å². The number of pyridine rings is 2. The van der Waals surface area contributed by atoms with Gasteiger partial charge in [-0.2, -0.15) is 13.2 Å². The van der Waals surface area contributed by atoms with E-state index in [-0.39, 0.29) is 11.1 Å². The summed E-state index contributed by atoms with van der Waals surface area (Å²) in [7, 11) is 0. The Morgan fingerprint density at radius 3 is 2.30 bits per heavy atom. The van der Waals surface area contributed by atoms with E-state index in [4.69, 9.17) is 4.98 Å². The second-order valence-corrected chi connectivity index (χ2v) is 10.7. The van der Waals surface area contributed by atoms with Crippen LogP contribution < -0.4 is 10.6 Å². The summed E-state index contributed by atoms with van der Waals surface area (Å²) in [6, 6.07) is 17.7. The van der Waals surface area contributed by atoms with Crippen molar-refractivity contribution in [3.63, 3.8) is 0 Å². The van der Waals surface area contributed by atoms with Crippen LogP contribution in [0.25, 0.3) is 22.2 Å². The molecule has 4 rings (SSSR count). The van der Waals surface area contributed by atoms with Gasteiger partial charge in [0.1, 0.15) is 5.82 Å². The Bertz CT molecular complexity index is 1370. The molecular weight excluding hydrogens is 473 g/mol. The van der Waals surface area contributed by atoms with Gasteiger partial charge < -0.3 is 10.6 Å². The summed E-state index contributed by atoms with van der Waals surface area (Å²) in [5.74, 6) is 1.19. The summed E-state index contributed by atoms with van der Waals surface area (Å²) in [4.78, 5) is 8.79. The van der Waals surface area contributed by atoms with Crippen LogP contribution in [0.3, 0.4) is 0 Å². The lowest BCUT2D eigenvalue weighted by molar-refractivity contribution is -0.137. The van der Waals surface area contributed by atoms with E-state index >= 15 is 0 Å². The summed E-state index contributed by atoms with van der Waals surface area (Å²) in [6.07, 6.45) is -2.15. The number of anilines is 3. The predicted octanol–water partition coefficient (Wildman–Crippen LogP) is 8.81. The van der Waals surface area contributed by atoms with E-state index in [0.717, 1.165) is 35.8 Å². The molecule has 0 radical (unpaired) electrons. The van der Waals surface area contributed by atoms with Gasteiger partial charge in [0.15, 0.2) is 0 Å². The number of alkyl halides is 3. The van der Waals surface area contributed by atoms with Gasteiger partial charge in [-0.15, -0.1) is 0 Å². The molecular formula is C30H33F3N4. The quantitative estimate of drug-likeness (QED) is 0.263. The lowest BCUT2D eigenvalue weighted by Gasteiger charge is -2.20. The van der Waals surface area contributed by atoms with E-state index in [0.29, 0.717) is 22.8 Å². The highest BCUT2D eigenvalue weighted by Gasteiger charge is 2.34. The molecule has 0 aliphatic heterocycles. The minimum absolute atomic E-state index is 0.0482. The zero-order valence-electron chi connectivity index (χ0n) is 21.9. The van der Waals surface area contributed by atoms with Gasteiger partial charge in [-0.25, -0.2) is 4.98 Å². The Labute approximate surface area is 216 Å². The fraction of sp³-hybridized carbons (Fsp3) is 0.333. The summed E-state index contributed by atoms with van der Waals surface area (Å²) in [5, 5.41) is 7.66. The van der Waals surface area contributed by atoms with E-state index in [9.17, 15) is 13.2 Å². The number of hydrogen-bond acceptors (Lipinski definition) is 4. The molecule has 0 saturated heterocycles. The van der Waals surface area contributed by atoms with Crippen molar-refractivity contribution in [2.75, 3.05) is 17.2 Å². The fourth-order valence-corrected chi connectivity index (χ4v) is 4.13. The molecule has 0 spiro atoms. The van der Waals surface area contributed by atoms with E-state index in [1.807, 2.05) is 18.2 Å². The van der Waals surface area contributed by atoms with Gasteiger partial charge in [-0.05, 0) is 53.6 Å². The smallest absolute Gasteiger partial charge is 0.370 e. The van der Waals surface area contributed by atoms with Gasteiger partial charge in [0.25, 0.3) is 0 Å². The minimum atomic E-state index is -4.50. The molecule has 0 aliphatic carbocycles. The predicted molar refractivity (Wildman–Crippen MR) is 146 cm³/mol. The van der Waals surface area contributed by atoms with Crippen LogP contribution in [-0.2, 0) is 11.6 Å². The van der Waals surface area contributed by atoms with Gasteiger partial charge >= 0.3 is 6.18 Å². The maximum atomic E-state index is 13.6. The highest BCUT2D eigenvalue weighted by molar-refractivity contribution is 5.97. The van der Waals surface area contributed by atoms with Gasteiger partial charge in [0.2, 0.25) is 0 Å². The summed E-state index contributed by atoms with van der Waals surface area (Å²) in [6.45, 7) is 11.6. The first kappa shape index (κ1) is 26.5. The Kier molecular flexibility index (Phi) is 7.44. The monoisotopic (exact) mass is 506 g/mol. The number of aromatic nitrogens is 2. The molecule has 0 amide bonds. The average molecular weight is 507 g/mol. The fourth-order valence-electron chi connectivity index (χ4n) is 4.13. The van der Waals surface area contributed by atoms with E-state index in [1.165, 1.54) is 17.8 Å². The zero-order chi connectivity index (χ0) is 26.8. The number of hydrogen-bond donors (Lipinski definition) is 2. The van der Waals surface area contributed by atoms with Crippen molar-refractivity contribution < 1.29 is 13.2 Å². The number of benzene rings is 2. The Balaban J connectivity index is 1.77. The molecule has 0 atom stereocenters. The molecule has 0 fully saturated rings. The molecule has 7 heteroatoms. The third kappa shape index (κ3) is 6.40. The molecule has 0 bridgehead atoms. The normalized spacial score (nSPS) is 12.2. The second-order valence-electron chi connectivity index (χ2n) is 10.7. The van der Waals surface area contributed by atoms with Crippen molar-refractivity contribution in [3.8, 4) is 11.3 Å². The van der Waals surface area contributed by atoms with Crippen molar-refractivity contribution in [2.45, 2.75) is 52.6 Å². The largest absolute Gasteiger partial charge is 0.418 e. The molecule has 2 N–H and O–H groups in total. The number of rotatable bonds is 7. The van der Waals surface area contributed by atoms with Crippen LogP contribution in [0, 0.1) is 5.92 Å². The summed E-state index contributed by atoms with van der Waals surface area (Å²) in [5.41, 5.74) is 3.10. The standard InChI is InChI=1S/C30H33F3N4/c1-19(2)14-16-34-27-18-26(36-22-11-9-21(10-12-22)29(3,4)5)23-13-8-20(17-25(23)37-27)28-24(30(31,32)33)7-6-15-35-28/h6-13,15,17-19H,14,16H2,1-5H3,(H2,34,36,37). The molecule has 0 aliphatic rings. The first-order valence-corrected chi connectivity index (χ1v) is 12.5. The van der Waals surface area contributed by atoms with E-state index < -0.39 is 11.7 Å². The topological polar surface area (TPSA) is 49.8 Å². The maximum absolute atomic E-state index is 13.6. The zero-order valence-corrected chi connectivity index (χ0v) is 21.9. The Hall–Kier alpha value is -3.61. The molecule has 2 heterocycles. The van der Waals surface area contributed by atoms with Crippen LogP contribution in [0.5, 0.6) is 0 Å². The SMILES string of the molecule is CC(C)CCNc1cc(Nc2ccc(C(C)(C)C)cc2)c2ccc(-c3ncccc3C(F)(F)F)cc2n1. The number of nitrogens with one attached hydrogen (secondary N) is 2. The van der Waals surface area contributed by atoms with Crippen LogP contribution >= 0.6 is 0 Å². The summed E-state index contributed by atoms with van der Waals surface area (Å²) >= 11 is 0. The van der Waals surface area contributed by atoms with Crippen molar-refractivity contribution >= 4 is 28.1 Å². The van der Waals surface area contributed by atoms with Gasteiger partial charge in [-0.1, -0.05) is 58.9 Å². The average Bonchev–Trinajstić information content (AvgIpc) is 2.83. The van der Waals surface area contributed by atoms with Crippen LogP contribution in [-0.4, -0.2) is 16.5 Å². The Morgan fingerprint density at radius 1 is 0.919 bits per heavy atom. The van der Waals surface area contributed by atoms with Crippen molar-refractivity contribution in [3.05, 3.63) is 78.0 Å². The molecule has 2 aromatic heterocycles. The highest BCUT2D eigenvalue weighted by atomic mass is 19.4. The van der Waals surface area contributed by atoms with Crippen LogP contribution in [0.1, 0.15) is 52.2 Å². The molecule has 2 aromatic carbocycles. The molecule has 37 heavy (non-hydrogen) atoms. The molecule has 4 nitrogen and oxygen atoms in total. The van der Waals surface area contributed by atoms with E-state index in [2.05, 4.69) is 62.4 Å². The maximum Gasteiger partial charge on any atom is 0.418 e. The molecule has 4 aromatic rings. The van der Waals surface area contributed by atoms with Gasteiger partial charge in [-0.3, -0.25) is 4.98 Å².